The summed E-state index contributed by atoms with van der Waals surface area (Å²) in [6.07, 6.45) is -0.192. The van der Waals surface area contributed by atoms with Crippen LogP contribution in [-0.4, -0.2) is 62.7 Å². The number of nitrogens with zero attached hydrogens (tertiary/aromatic N) is 2. The minimum absolute atomic E-state index is 0.0496. The number of esters is 1. The Hall–Kier alpha value is -3.82. The quantitative estimate of drug-likeness (QED) is 0.265. The molecule has 2 aromatic carbocycles. The molecule has 2 aromatic rings. The molecule has 3 N–H and O–H groups in total. The van der Waals surface area contributed by atoms with Gasteiger partial charge in [0.1, 0.15) is 17.9 Å². The van der Waals surface area contributed by atoms with Crippen molar-refractivity contribution in [3.63, 3.8) is 0 Å². The molecule has 12 heteroatoms. The predicted octanol–water partition coefficient (Wildman–Crippen LogP) is 3.92. The molecule has 0 radical (unpaired) electrons. The smallest absolute Gasteiger partial charge is 0.387 e. The van der Waals surface area contributed by atoms with Gasteiger partial charge in [0.05, 0.1) is 30.7 Å². The van der Waals surface area contributed by atoms with E-state index >= 15 is 0 Å². The van der Waals surface area contributed by atoms with Crippen molar-refractivity contribution in [2.75, 3.05) is 38.4 Å². The molecule has 0 aromatic heterocycles. The first-order chi connectivity index (χ1) is 18.6. The van der Waals surface area contributed by atoms with E-state index in [9.17, 15) is 23.9 Å². The number of benzene rings is 2. The normalized spacial score (nSPS) is 17.8. The Kier molecular flexibility index (Phi) is 10.1. The number of carbonyl (C=O) groups excluding carboxylic acids is 1. The number of hydrogen-bond donors (Lipinski definition) is 3. The maximum atomic E-state index is 13.4. The van der Waals surface area contributed by atoms with Gasteiger partial charge in [0, 0.05) is 39.2 Å². The Morgan fingerprint density at radius 2 is 1.87 bits per heavy atom. The lowest BCUT2D eigenvalue weighted by Gasteiger charge is -2.26. The van der Waals surface area contributed by atoms with Crippen LogP contribution < -0.4 is 24.8 Å². The SMILES string of the molecule is CNc1cc(CN2CCC(C)[C@H]2C(=O)OC)c(OC(F)F)cc1OC(C)Oc1c(C#N)cc(CO)cc1NC. The summed E-state index contributed by atoms with van der Waals surface area (Å²) in [5, 5.41) is 25.0. The summed E-state index contributed by atoms with van der Waals surface area (Å²) in [6.45, 7) is 0.981. The molecule has 1 aliphatic rings. The summed E-state index contributed by atoms with van der Waals surface area (Å²) in [4.78, 5) is 14.2. The standard InChI is InChI=1S/C27H34F2N4O6/c1-15-6-7-33(24(15)26(35)36-5)13-19-10-20(31-3)23(11-22(19)39-27(28)29)37-16(2)38-25-18(12-30)8-17(14-34)9-21(25)32-4/h8-11,15-16,24,27,31-32,34H,6-7,13-14H2,1-5H3/t15?,16?,24-/m0/s1. The number of aliphatic hydroxyl groups excluding tert-OH is 1. The van der Waals surface area contributed by atoms with Crippen LogP contribution in [0.25, 0.3) is 0 Å². The van der Waals surface area contributed by atoms with Crippen LogP contribution in [0.2, 0.25) is 0 Å². The minimum atomic E-state index is -3.08. The molecule has 2 unspecified atom stereocenters. The zero-order valence-corrected chi connectivity index (χ0v) is 22.6. The molecule has 0 saturated carbocycles. The Labute approximate surface area is 226 Å². The van der Waals surface area contributed by atoms with Gasteiger partial charge in [0.25, 0.3) is 0 Å². The monoisotopic (exact) mass is 548 g/mol. The van der Waals surface area contributed by atoms with Crippen molar-refractivity contribution < 1.29 is 37.6 Å². The number of nitrogens with one attached hydrogen (secondary N) is 2. The van der Waals surface area contributed by atoms with Crippen LogP contribution in [-0.2, 0) is 22.7 Å². The van der Waals surface area contributed by atoms with Crippen LogP contribution in [0.1, 0.15) is 37.0 Å². The predicted molar refractivity (Wildman–Crippen MR) is 140 cm³/mol. The Morgan fingerprint density at radius 1 is 1.15 bits per heavy atom. The third-order valence-electron chi connectivity index (χ3n) is 6.57. The first-order valence-electron chi connectivity index (χ1n) is 12.5. The highest BCUT2D eigenvalue weighted by molar-refractivity contribution is 5.76. The van der Waals surface area contributed by atoms with E-state index in [-0.39, 0.29) is 47.9 Å². The highest BCUT2D eigenvalue weighted by atomic mass is 19.3. The zero-order valence-electron chi connectivity index (χ0n) is 22.6. The molecule has 212 valence electrons. The molecule has 1 aliphatic heterocycles. The van der Waals surface area contributed by atoms with E-state index in [0.29, 0.717) is 29.0 Å². The van der Waals surface area contributed by atoms with Gasteiger partial charge in [-0.1, -0.05) is 6.92 Å². The van der Waals surface area contributed by atoms with E-state index in [2.05, 4.69) is 10.6 Å². The van der Waals surface area contributed by atoms with Crippen LogP contribution in [0.3, 0.4) is 0 Å². The first-order valence-corrected chi connectivity index (χ1v) is 12.5. The molecule has 39 heavy (non-hydrogen) atoms. The molecule has 0 amide bonds. The number of anilines is 2. The average Bonchev–Trinajstić information content (AvgIpc) is 3.28. The highest BCUT2D eigenvalue weighted by Crippen LogP contribution is 2.38. The van der Waals surface area contributed by atoms with E-state index in [1.165, 1.54) is 19.2 Å². The maximum Gasteiger partial charge on any atom is 0.387 e. The summed E-state index contributed by atoms with van der Waals surface area (Å²) in [6, 6.07) is 7.68. The summed E-state index contributed by atoms with van der Waals surface area (Å²) < 4.78 is 48.4. The van der Waals surface area contributed by atoms with Gasteiger partial charge in [-0.3, -0.25) is 9.69 Å². The van der Waals surface area contributed by atoms with Gasteiger partial charge in [0.15, 0.2) is 11.5 Å². The van der Waals surface area contributed by atoms with Crippen LogP contribution in [0, 0.1) is 17.2 Å². The molecular formula is C27H34F2N4O6. The third kappa shape index (κ3) is 6.99. The second-order valence-corrected chi connectivity index (χ2v) is 9.13. The molecule has 1 heterocycles. The zero-order chi connectivity index (χ0) is 28.7. The van der Waals surface area contributed by atoms with Gasteiger partial charge in [0.2, 0.25) is 6.29 Å². The number of alkyl halides is 2. The van der Waals surface area contributed by atoms with Crippen molar-refractivity contribution >= 4 is 17.3 Å². The van der Waals surface area contributed by atoms with E-state index in [1.807, 2.05) is 17.9 Å². The summed E-state index contributed by atoms with van der Waals surface area (Å²) in [5.41, 5.74) is 2.11. The van der Waals surface area contributed by atoms with Crippen LogP contribution >= 0.6 is 0 Å². The van der Waals surface area contributed by atoms with Crippen LogP contribution in [0.15, 0.2) is 24.3 Å². The fourth-order valence-electron chi connectivity index (χ4n) is 4.70. The molecule has 3 rings (SSSR count). The fourth-order valence-corrected chi connectivity index (χ4v) is 4.70. The van der Waals surface area contributed by atoms with Crippen molar-refractivity contribution in [1.29, 1.82) is 5.26 Å². The number of carbonyl (C=O) groups is 1. The third-order valence-corrected chi connectivity index (χ3v) is 6.57. The summed E-state index contributed by atoms with van der Waals surface area (Å²) >= 11 is 0. The van der Waals surface area contributed by atoms with Crippen molar-refractivity contribution in [2.24, 2.45) is 5.92 Å². The Bertz CT molecular complexity index is 1210. The first kappa shape index (κ1) is 29.7. The van der Waals surface area contributed by atoms with Gasteiger partial charge in [-0.15, -0.1) is 0 Å². The molecule has 0 aliphatic carbocycles. The number of aliphatic hydroxyl groups is 1. The second kappa shape index (κ2) is 13.3. The molecular weight excluding hydrogens is 514 g/mol. The highest BCUT2D eigenvalue weighted by Gasteiger charge is 2.38. The van der Waals surface area contributed by atoms with Crippen LogP contribution in [0.5, 0.6) is 17.2 Å². The molecule has 1 fully saturated rings. The number of halogens is 2. The van der Waals surface area contributed by atoms with E-state index in [0.717, 1.165) is 6.42 Å². The number of nitriles is 1. The van der Waals surface area contributed by atoms with Crippen LogP contribution in [0.4, 0.5) is 20.2 Å². The topological polar surface area (TPSA) is 125 Å². The fraction of sp³-hybridized carbons (Fsp3) is 0.481. The Morgan fingerprint density at radius 3 is 2.46 bits per heavy atom. The van der Waals surface area contributed by atoms with Gasteiger partial charge < -0.3 is 34.7 Å². The molecule has 0 spiro atoms. The van der Waals surface area contributed by atoms with E-state index in [4.69, 9.17) is 18.9 Å². The second-order valence-electron chi connectivity index (χ2n) is 9.13. The van der Waals surface area contributed by atoms with Crippen molar-refractivity contribution in [2.45, 2.75) is 52.4 Å². The summed E-state index contributed by atoms with van der Waals surface area (Å²) in [5.74, 6) is -0.0294. The minimum Gasteiger partial charge on any atom is -0.468 e. The molecule has 1 saturated heterocycles. The largest absolute Gasteiger partial charge is 0.468 e. The lowest BCUT2D eigenvalue weighted by molar-refractivity contribution is -0.147. The van der Waals surface area contributed by atoms with Gasteiger partial charge in [-0.05, 0) is 42.6 Å². The number of hydrogen-bond acceptors (Lipinski definition) is 10. The van der Waals surface area contributed by atoms with Crippen molar-refractivity contribution in [3.8, 4) is 23.3 Å². The van der Waals surface area contributed by atoms with E-state index < -0.39 is 18.9 Å². The summed E-state index contributed by atoms with van der Waals surface area (Å²) in [7, 11) is 4.62. The molecule has 0 bridgehead atoms. The lowest BCUT2D eigenvalue weighted by atomic mass is 10.0. The van der Waals surface area contributed by atoms with Crippen molar-refractivity contribution in [3.05, 3.63) is 41.0 Å². The van der Waals surface area contributed by atoms with Crippen molar-refractivity contribution in [1.82, 2.24) is 4.90 Å². The average molecular weight is 549 g/mol. The molecule has 3 atom stereocenters. The maximum absolute atomic E-state index is 13.4. The number of methoxy groups -OCH3 is 1. The number of likely N-dealkylation sites (tertiary alicyclic amines) is 1. The van der Waals surface area contributed by atoms with E-state index in [1.54, 1.807) is 33.2 Å². The van der Waals surface area contributed by atoms with Gasteiger partial charge >= 0.3 is 12.6 Å². The Balaban J connectivity index is 1.91. The number of rotatable bonds is 12. The van der Waals surface area contributed by atoms with Gasteiger partial charge in [-0.25, -0.2) is 0 Å². The van der Waals surface area contributed by atoms with Gasteiger partial charge in [-0.2, -0.15) is 14.0 Å². The lowest BCUT2D eigenvalue weighted by Crippen LogP contribution is -2.39. The number of ether oxygens (including phenoxy) is 4. The molecule has 10 nitrogen and oxygen atoms in total.